The van der Waals surface area contributed by atoms with Crippen molar-refractivity contribution in [3.05, 3.63) is 75.1 Å². The summed E-state index contributed by atoms with van der Waals surface area (Å²) in [5, 5.41) is 0.985. The summed E-state index contributed by atoms with van der Waals surface area (Å²) < 4.78 is 5.47. The van der Waals surface area contributed by atoms with Crippen LogP contribution in [0, 0.1) is 13.8 Å². The van der Waals surface area contributed by atoms with Crippen LogP contribution in [0.15, 0.2) is 51.7 Å². The van der Waals surface area contributed by atoms with E-state index in [1.54, 1.807) is 0 Å². The molecule has 0 spiro atoms. The van der Waals surface area contributed by atoms with Gasteiger partial charge in [-0.15, -0.1) is 0 Å². The predicted molar refractivity (Wildman–Crippen MR) is 85.6 cm³/mol. The van der Waals surface area contributed by atoms with Crippen LogP contribution in [0.4, 0.5) is 5.69 Å². The van der Waals surface area contributed by atoms with Crippen molar-refractivity contribution in [1.82, 2.24) is 0 Å². The molecule has 0 saturated heterocycles. The van der Waals surface area contributed by atoms with E-state index in [0.29, 0.717) is 23.3 Å². The molecule has 0 amide bonds. The Morgan fingerprint density at radius 1 is 1.10 bits per heavy atom. The lowest BCUT2D eigenvalue weighted by Gasteiger charge is -2.08. The van der Waals surface area contributed by atoms with E-state index < -0.39 is 0 Å². The van der Waals surface area contributed by atoms with Crippen LogP contribution in [0.1, 0.15) is 22.3 Å². The molecule has 3 nitrogen and oxygen atoms in total. The molecule has 106 valence electrons. The van der Waals surface area contributed by atoms with Gasteiger partial charge in [-0.25, -0.2) is 4.79 Å². The largest absolute Gasteiger partial charge is 0.422 e. The highest BCUT2D eigenvalue weighted by Crippen LogP contribution is 2.22. The van der Waals surface area contributed by atoms with E-state index in [2.05, 4.69) is 0 Å². The van der Waals surface area contributed by atoms with Crippen molar-refractivity contribution in [3.63, 3.8) is 0 Å². The van der Waals surface area contributed by atoms with E-state index in [4.69, 9.17) is 10.2 Å². The Hall–Kier alpha value is -2.55. The average Bonchev–Trinajstić information content (AvgIpc) is 2.43. The standard InChI is InChI=1S/C18H17NO2/c1-11-6-7-15-12(2)16(18(20)21-17(15)8-11)10-13-4-3-5-14(19)9-13/h3-9H,10,19H2,1-2H3. The number of hydrogen-bond acceptors (Lipinski definition) is 3. The second-order valence-corrected chi connectivity index (χ2v) is 5.41. The molecule has 0 aliphatic carbocycles. The van der Waals surface area contributed by atoms with Crippen LogP contribution in [0.3, 0.4) is 0 Å². The molecule has 0 saturated carbocycles. The summed E-state index contributed by atoms with van der Waals surface area (Å²) in [6.45, 7) is 3.95. The molecule has 0 bridgehead atoms. The first-order chi connectivity index (χ1) is 10.0. The number of benzene rings is 2. The normalized spacial score (nSPS) is 11.0. The molecule has 2 N–H and O–H groups in total. The zero-order valence-corrected chi connectivity index (χ0v) is 12.1. The maximum Gasteiger partial charge on any atom is 0.340 e. The molecule has 0 atom stereocenters. The number of rotatable bonds is 2. The molecule has 1 heterocycles. The van der Waals surface area contributed by atoms with E-state index in [-0.39, 0.29) is 5.63 Å². The Morgan fingerprint density at radius 2 is 1.90 bits per heavy atom. The molecule has 0 aliphatic heterocycles. The fourth-order valence-electron chi connectivity index (χ4n) is 2.61. The lowest BCUT2D eigenvalue weighted by molar-refractivity contribution is 0.550. The summed E-state index contributed by atoms with van der Waals surface area (Å²) in [4.78, 5) is 12.3. The number of anilines is 1. The van der Waals surface area contributed by atoms with Gasteiger partial charge >= 0.3 is 5.63 Å². The lowest BCUT2D eigenvalue weighted by Crippen LogP contribution is -2.11. The maximum atomic E-state index is 12.3. The fourth-order valence-corrected chi connectivity index (χ4v) is 2.61. The Balaban J connectivity index is 2.15. The van der Waals surface area contributed by atoms with Crippen LogP contribution >= 0.6 is 0 Å². The highest BCUT2D eigenvalue weighted by Gasteiger charge is 2.12. The van der Waals surface area contributed by atoms with Gasteiger partial charge in [-0.2, -0.15) is 0 Å². The summed E-state index contributed by atoms with van der Waals surface area (Å²) in [6.07, 6.45) is 0.531. The third-order valence-corrected chi connectivity index (χ3v) is 3.77. The molecular formula is C18H17NO2. The molecule has 0 radical (unpaired) electrons. The third kappa shape index (κ3) is 2.55. The Morgan fingerprint density at radius 3 is 2.67 bits per heavy atom. The Labute approximate surface area is 123 Å². The van der Waals surface area contributed by atoms with Gasteiger partial charge in [0.05, 0.1) is 0 Å². The van der Waals surface area contributed by atoms with Crippen molar-refractivity contribution in [2.45, 2.75) is 20.3 Å². The molecule has 3 rings (SSSR count). The molecule has 3 heteroatoms. The lowest BCUT2D eigenvalue weighted by atomic mass is 9.99. The smallest absolute Gasteiger partial charge is 0.340 e. The van der Waals surface area contributed by atoms with Crippen molar-refractivity contribution in [3.8, 4) is 0 Å². The number of nitrogens with two attached hydrogens (primary N) is 1. The van der Waals surface area contributed by atoms with E-state index in [9.17, 15) is 4.79 Å². The minimum atomic E-state index is -0.270. The van der Waals surface area contributed by atoms with Crippen LogP contribution in [0.25, 0.3) is 11.0 Å². The van der Waals surface area contributed by atoms with Crippen LogP contribution < -0.4 is 11.4 Å². The summed E-state index contributed by atoms with van der Waals surface area (Å²) >= 11 is 0. The summed E-state index contributed by atoms with van der Waals surface area (Å²) in [7, 11) is 0. The maximum absolute atomic E-state index is 12.3. The van der Waals surface area contributed by atoms with E-state index >= 15 is 0 Å². The van der Waals surface area contributed by atoms with Crippen LogP contribution in [0.5, 0.6) is 0 Å². The summed E-state index contributed by atoms with van der Waals surface area (Å²) in [5.41, 5.74) is 10.6. The minimum Gasteiger partial charge on any atom is -0.422 e. The topological polar surface area (TPSA) is 56.2 Å². The Kier molecular flexibility index (Phi) is 3.26. The van der Waals surface area contributed by atoms with Gasteiger partial charge in [0.15, 0.2) is 0 Å². The van der Waals surface area contributed by atoms with Crippen molar-refractivity contribution in [1.29, 1.82) is 0 Å². The highest BCUT2D eigenvalue weighted by atomic mass is 16.4. The summed E-state index contributed by atoms with van der Waals surface area (Å²) in [5.74, 6) is 0. The molecule has 1 aromatic heterocycles. The highest BCUT2D eigenvalue weighted by molar-refractivity contribution is 5.81. The third-order valence-electron chi connectivity index (χ3n) is 3.77. The molecule has 3 aromatic rings. The van der Waals surface area contributed by atoms with Gasteiger partial charge in [0.25, 0.3) is 0 Å². The predicted octanol–water partition coefficient (Wildman–Crippen LogP) is 3.58. The van der Waals surface area contributed by atoms with Crippen LogP contribution in [0.2, 0.25) is 0 Å². The second kappa shape index (κ2) is 5.09. The molecule has 2 aromatic carbocycles. The van der Waals surface area contributed by atoms with E-state index in [0.717, 1.165) is 22.1 Å². The van der Waals surface area contributed by atoms with Crippen molar-refractivity contribution in [2.24, 2.45) is 0 Å². The summed E-state index contributed by atoms with van der Waals surface area (Å²) in [6, 6.07) is 13.5. The first-order valence-electron chi connectivity index (χ1n) is 6.92. The van der Waals surface area contributed by atoms with Crippen molar-refractivity contribution in [2.75, 3.05) is 5.73 Å². The van der Waals surface area contributed by atoms with Gasteiger partial charge in [0.2, 0.25) is 0 Å². The van der Waals surface area contributed by atoms with Gasteiger partial charge < -0.3 is 10.2 Å². The Bertz CT molecular complexity index is 878. The first-order valence-corrected chi connectivity index (χ1v) is 6.92. The van der Waals surface area contributed by atoms with Gasteiger partial charge in [-0.1, -0.05) is 24.3 Å². The van der Waals surface area contributed by atoms with E-state index in [1.807, 2.05) is 56.3 Å². The van der Waals surface area contributed by atoms with E-state index in [1.165, 1.54) is 0 Å². The number of aryl methyl sites for hydroxylation is 2. The fraction of sp³-hybridized carbons (Fsp3) is 0.167. The molecule has 0 unspecified atom stereocenters. The zero-order valence-electron chi connectivity index (χ0n) is 12.1. The van der Waals surface area contributed by atoms with Crippen LogP contribution in [-0.4, -0.2) is 0 Å². The van der Waals surface area contributed by atoms with Crippen molar-refractivity contribution >= 4 is 16.7 Å². The molecule has 0 aliphatic rings. The number of nitrogen functional groups attached to an aromatic ring is 1. The SMILES string of the molecule is Cc1ccc2c(C)c(Cc3cccc(N)c3)c(=O)oc2c1. The van der Waals surface area contributed by atoms with Crippen molar-refractivity contribution < 1.29 is 4.42 Å². The zero-order chi connectivity index (χ0) is 15.0. The number of fused-ring (bicyclic) bond motifs is 1. The second-order valence-electron chi connectivity index (χ2n) is 5.41. The van der Waals surface area contributed by atoms with Crippen LogP contribution in [-0.2, 0) is 6.42 Å². The minimum absolute atomic E-state index is 0.270. The van der Waals surface area contributed by atoms with Gasteiger partial charge in [0.1, 0.15) is 5.58 Å². The quantitative estimate of drug-likeness (QED) is 0.576. The monoisotopic (exact) mass is 279 g/mol. The van der Waals surface area contributed by atoms with Gasteiger partial charge in [0, 0.05) is 23.1 Å². The first kappa shape index (κ1) is 13.4. The van der Waals surface area contributed by atoms with Gasteiger partial charge in [-0.3, -0.25) is 0 Å². The molecule has 21 heavy (non-hydrogen) atoms. The molecule has 0 fully saturated rings. The number of hydrogen-bond donors (Lipinski definition) is 1. The molecular weight excluding hydrogens is 262 g/mol. The van der Waals surface area contributed by atoms with Gasteiger partial charge in [-0.05, 0) is 48.7 Å². The average molecular weight is 279 g/mol.